The molecule has 3 rings (SSSR count). The van der Waals surface area contributed by atoms with Crippen LogP contribution in [0.2, 0.25) is 0 Å². The van der Waals surface area contributed by atoms with Gasteiger partial charge in [0, 0.05) is 17.8 Å². The number of carboxylic acid groups (broad SMARTS) is 1. The molecule has 0 spiro atoms. The van der Waals surface area contributed by atoms with Gasteiger partial charge in [0.05, 0.1) is 0 Å². The molecule has 4 nitrogen and oxygen atoms in total. The molecule has 0 aliphatic heterocycles. The summed E-state index contributed by atoms with van der Waals surface area (Å²) in [6, 6.07) is 11.1. The Morgan fingerprint density at radius 1 is 1.25 bits per heavy atom. The monoisotopic (exact) mass is 277 g/mol. The molecule has 0 aliphatic rings. The fourth-order valence-electron chi connectivity index (χ4n) is 2.05. The first kappa shape index (κ1) is 14.8. The van der Waals surface area contributed by atoms with Crippen molar-refractivity contribution in [3.8, 4) is 0 Å². The van der Waals surface area contributed by atoms with Gasteiger partial charge in [-0.1, -0.05) is 12.1 Å². The van der Waals surface area contributed by atoms with E-state index in [-0.39, 0.29) is 36.7 Å². The maximum atomic E-state index is 10.8. The minimum atomic E-state index is -1.05. The normalized spacial score (nSPS) is 10.2. The number of aromatic carboxylic acids is 1. The zero-order valence-electron chi connectivity index (χ0n) is 12.0. The van der Waals surface area contributed by atoms with Crippen LogP contribution in [0.5, 0.6) is 0 Å². The van der Waals surface area contributed by atoms with Crippen molar-refractivity contribution in [1.29, 1.82) is 0 Å². The summed E-state index contributed by atoms with van der Waals surface area (Å²) in [5.41, 5.74) is 2.80. The molecule has 5 heteroatoms. The molecule has 96 valence electrons. The van der Waals surface area contributed by atoms with Crippen LogP contribution in [0.15, 0.2) is 53.2 Å². The molecule has 0 saturated heterocycles. The summed E-state index contributed by atoms with van der Waals surface area (Å²) in [5, 5.41) is 9.69. The number of furan rings is 1. The van der Waals surface area contributed by atoms with Crippen LogP contribution in [0.4, 0.5) is 0 Å². The molecule has 0 amide bonds. The smallest absolute Gasteiger partial charge is 1.00 e. The number of pyridine rings is 1. The number of nitrogens with zero attached hydrogens (tertiary/aromatic N) is 1. The zero-order valence-corrected chi connectivity index (χ0v) is 13.0. The molecule has 0 aliphatic carbocycles. The van der Waals surface area contributed by atoms with Crippen molar-refractivity contribution in [2.24, 2.45) is 0 Å². The van der Waals surface area contributed by atoms with Gasteiger partial charge in [0.1, 0.15) is 5.58 Å². The minimum absolute atomic E-state index is 0. The van der Waals surface area contributed by atoms with E-state index in [1.54, 1.807) is 18.3 Å². The van der Waals surface area contributed by atoms with Crippen molar-refractivity contribution in [3.05, 3.63) is 65.7 Å². The molecule has 0 unspecified atom stereocenters. The van der Waals surface area contributed by atoms with Crippen LogP contribution in [-0.4, -0.2) is 16.1 Å². The number of rotatable bonds is 3. The molecule has 0 saturated carbocycles. The summed E-state index contributed by atoms with van der Waals surface area (Å²) < 4.78 is 5.22. The van der Waals surface area contributed by atoms with E-state index in [0.29, 0.717) is 5.58 Å². The average molecular weight is 277 g/mol. The second kappa shape index (κ2) is 6.22. The molecule has 20 heavy (non-hydrogen) atoms. The number of carboxylic acids is 1. The summed E-state index contributed by atoms with van der Waals surface area (Å²) in [6.07, 6.45) is 4.32. The molecule has 0 fully saturated rings. The van der Waals surface area contributed by atoms with Crippen LogP contribution in [0.1, 0.15) is 23.1 Å². The van der Waals surface area contributed by atoms with Crippen molar-refractivity contribution < 1.29 is 45.3 Å². The van der Waals surface area contributed by atoms with Gasteiger partial charge in [-0.3, -0.25) is 4.98 Å². The van der Waals surface area contributed by atoms with E-state index >= 15 is 0 Å². The van der Waals surface area contributed by atoms with E-state index in [2.05, 4.69) is 4.98 Å². The van der Waals surface area contributed by atoms with Crippen molar-refractivity contribution in [2.75, 3.05) is 0 Å². The fraction of sp³-hybridized carbons (Fsp3) is 0.0667. The molecule has 0 bridgehead atoms. The van der Waals surface area contributed by atoms with Crippen LogP contribution in [0, 0.1) is 0 Å². The van der Waals surface area contributed by atoms with Crippen LogP contribution in [-0.2, 0) is 6.42 Å². The summed E-state index contributed by atoms with van der Waals surface area (Å²) in [6.45, 7) is 0. The van der Waals surface area contributed by atoms with Gasteiger partial charge in [0.25, 0.3) is 0 Å². The van der Waals surface area contributed by atoms with E-state index in [4.69, 9.17) is 9.52 Å². The van der Waals surface area contributed by atoms with Gasteiger partial charge in [0.15, 0.2) is 0 Å². The predicted molar refractivity (Wildman–Crippen MR) is 71.3 cm³/mol. The number of fused-ring (bicyclic) bond motifs is 1. The zero-order chi connectivity index (χ0) is 13.2. The van der Waals surface area contributed by atoms with Crippen LogP contribution in [0.25, 0.3) is 11.0 Å². The van der Waals surface area contributed by atoms with Gasteiger partial charge in [-0.15, -0.1) is 0 Å². The summed E-state index contributed by atoms with van der Waals surface area (Å²) >= 11 is 0. The Kier molecular flexibility index (Phi) is 4.60. The number of carbonyl (C=O) groups is 1. The van der Waals surface area contributed by atoms with Crippen LogP contribution < -0.4 is 29.6 Å². The molecular formula is C15H12NNaO3. The second-order valence-electron chi connectivity index (χ2n) is 4.33. The van der Waals surface area contributed by atoms with E-state index in [9.17, 15) is 4.79 Å². The summed E-state index contributed by atoms with van der Waals surface area (Å²) in [4.78, 5) is 14.9. The van der Waals surface area contributed by atoms with Crippen LogP contribution >= 0.6 is 0 Å². The standard InChI is InChI=1S/C15H11NO3.Na.H/c17-15(18)14-8-12-7-10(3-4-13(12)19-14)6-11-2-1-5-16-9-11;;/h1-5,7-9H,6H2,(H,17,18);;/q;+1;-1. The maximum Gasteiger partial charge on any atom is 1.00 e. The molecule has 3 aromatic rings. The predicted octanol–water partition coefficient (Wildman–Crippen LogP) is 0.233. The quantitative estimate of drug-likeness (QED) is 0.696. The average Bonchev–Trinajstić information content (AvgIpc) is 2.83. The third-order valence-corrected chi connectivity index (χ3v) is 2.92. The van der Waals surface area contributed by atoms with Crippen molar-refractivity contribution in [1.82, 2.24) is 4.98 Å². The minimum Gasteiger partial charge on any atom is -1.00 e. The molecule has 0 atom stereocenters. The van der Waals surface area contributed by atoms with Gasteiger partial charge in [0.2, 0.25) is 5.76 Å². The fourth-order valence-corrected chi connectivity index (χ4v) is 2.05. The van der Waals surface area contributed by atoms with Gasteiger partial charge < -0.3 is 11.0 Å². The molecule has 1 N–H and O–H groups in total. The van der Waals surface area contributed by atoms with Gasteiger partial charge >= 0.3 is 35.5 Å². The number of benzene rings is 1. The van der Waals surface area contributed by atoms with Crippen LogP contribution in [0.3, 0.4) is 0 Å². The number of hydrogen-bond donors (Lipinski definition) is 1. The maximum absolute atomic E-state index is 10.8. The summed E-state index contributed by atoms with van der Waals surface area (Å²) in [5.74, 6) is -1.08. The number of hydrogen-bond acceptors (Lipinski definition) is 3. The van der Waals surface area contributed by atoms with Crippen molar-refractivity contribution in [3.63, 3.8) is 0 Å². The SMILES string of the molecule is O=C(O)c1cc2cc(Cc3cccnc3)ccc2o1.[H-].[Na+]. The Hall–Kier alpha value is -1.62. The Morgan fingerprint density at radius 3 is 2.80 bits per heavy atom. The third-order valence-electron chi connectivity index (χ3n) is 2.92. The third kappa shape index (κ3) is 3.10. The molecule has 1 aromatic carbocycles. The largest absolute Gasteiger partial charge is 1.00 e. The number of aromatic nitrogens is 1. The first-order valence-electron chi connectivity index (χ1n) is 5.87. The molecule has 2 aromatic heterocycles. The van der Waals surface area contributed by atoms with Gasteiger partial charge in [-0.05, 0) is 41.8 Å². The van der Waals surface area contributed by atoms with E-state index in [1.807, 2.05) is 30.5 Å². The Bertz CT molecular complexity index is 743. The van der Waals surface area contributed by atoms with Crippen molar-refractivity contribution >= 4 is 16.9 Å². The molecule has 0 radical (unpaired) electrons. The van der Waals surface area contributed by atoms with E-state index < -0.39 is 5.97 Å². The Morgan fingerprint density at radius 2 is 2.10 bits per heavy atom. The molecular weight excluding hydrogens is 265 g/mol. The topological polar surface area (TPSA) is 63.3 Å². The van der Waals surface area contributed by atoms with E-state index in [1.165, 1.54) is 0 Å². The van der Waals surface area contributed by atoms with Gasteiger partial charge in [-0.2, -0.15) is 0 Å². The van der Waals surface area contributed by atoms with Crippen molar-refractivity contribution in [2.45, 2.75) is 6.42 Å². The first-order valence-corrected chi connectivity index (χ1v) is 5.87. The summed E-state index contributed by atoms with van der Waals surface area (Å²) in [7, 11) is 0. The van der Waals surface area contributed by atoms with Gasteiger partial charge in [-0.25, -0.2) is 4.79 Å². The Labute approximate surface area is 139 Å². The second-order valence-corrected chi connectivity index (χ2v) is 4.33. The first-order chi connectivity index (χ1) is 9.22. The Balaban J connectivity index is 0.00000110. The van der Waals surface area contributed by atoms with E-state index in [0.717, 1.165) is 22.9 Å². The molecule has 2 heterocycles.